The van der Waals surface area contributed by atoms with Gasteiger partial charge in [0, 0.05) is 34.2 Å². The van der Waals surface area contributed by atoms with Crippen molar-refractivity contribution in [2.75, 3.05) is 0 Å². The van der Waals surface area contributed by atoms with Crippen molar-refractivity contribution in [2.24, 2.45) is 0 Å². The fourth-order valence-electron chi connectivity index (χ4n) is 8.21. The maximum absolute atomic E-state index is 16.5. The predicted molar refractivity (Wildman–Crippen MR) is 215 cm³/mol. The minimum Gasteiger partial charge on any atom is -0.457 e. The van der Waals surface area contributed by atoms with E-state index in [0.717, 1.165) is 55.6 Å². The van der Waals surface area contributed by atoms with Gasteiger partial charge < -0.3 is 4.74 Å². The Bertz CT molecular complexity index is 2750. The van der Waals surface area contributed by atoms with E-state index in [0.29, 0.717) is 11.1 Å². The SMILES string of the molecule is FC(c1cccc(-c2ccccn2)c1)c1cccc(-n2c3ccccc3c3c4c(cnc32)[Si](c2ccccc2)(c2ccccc2)c2ccccc2O4)c1. The van der Waals surface area contributed by atoms with E-state index in [9.17, 15) is 0 Å². The molecule has 3 aromatic heterocycles. The molecule has 0 saturated heterocycles. The smallest absolute Gasteiger partial charge is 0.190 e. The summed E-state index contributed by atoms with van der Waals surface area (Å²) in [6.07, 6.45) is 2.46. The lowest BCUT2D eigenvalue weighted by molar-refractivity contribution is 0.402. The van der Waals surface area contributed by atoms with Gasteiger partial charge in [-0.25, -0.2) is 9.37 Å². The number of fused-ring (bicyclic) bond motifs is 6. The van der Waals surface area contributed by atoms with Gasteiger partial charge >= 0.3 is 0 Å². The second kappa shape index (κ2) is 12.5. The monoisotopic (exact) mass is 701 g/mol. The molecule has 0 aliphatic carbocycles. The van der Waals surface area contributed by atoms with Gasteiger partial charge in [0.05, 0.1) is 16.6 Å². The van der Waals surface area contributed by atoms with Crippen molar-refractivity contribution >= 4 is 50.8 Å². The van der Waals surface area contributed by atoms with Crippen LogP contribution in [0.5, 0.6) is 11.5 Å². The van der Waals surface area contributed by atoms with Crippen molar-refractivity contribution in [2.45, 2.75) is 6.17 Å². The number of rotatable bonds is 6. The summed E-state index contributed by atoms with van der Waals surface area (Å²) in [5, 5.41) is 6.81. The lowest BCUT2D eigenvalue weighted by atomic mass is 9.99. The Morgan fingerprint density at radius 3 is 2.04 bits per heavy atom. The minimum atomic E-state index is -2.89. The summed E-state index contributed by atoms with van der Waals surface area (Å²) in [7, 11) is -2.89. The second-order valence-corrected chi connectivity index (χ2v) is 17.2. The highest BCUT2D eigenvalue weighted by Gasteiger charge is 2.49. The quantitative estimate of drug-likeness (QED) is 0.163. The lowest BCUT2D eigenvalue weighted by Gasteiger charge is -2.39. The molecular weight excluding hydrogens is 670 g/mol. The molecule has 6 heteroatoms. The van der Waals surface area contributed by atoms with E-state index in [1.807, 2.05) is 85.1 Å². The van der Waals surface area contributed by atoms with Gasteiger partial charge in [-0.15, -0.1) is 0 Å². The predicted octanol–water partition coefficient (Wildman–Crippen LogP) is 8.78. The Morgan fingerprint density at radius 2 is 1.26 bits per heavy atom. The summed E-state index contributed by atoms with van der Waals surface area (Å²) in [6, 6.07) is 59.6. The number of hydrogen-bond donors (Lipinski definition) is 0. The zero-order valence-electron chi connectivity index (χ0n) is 28.6. The zero-order valence-corrected chi connectivity index (χ0v) is 29.6. The lowest BCUT2D eigenvalue weighted by Crippen LogP contribution is -2.76. The van der Waals surface area contributed by atoms with Crippen molar-refractivity contribution < 1.29 is 9.13 Å². The average molecular weight is 702 g/mol. The van der Waals surface area contributed by atoms with Crippen LogP contribution in [0, 0.1) is 0 Å². The zero-order chi connectivity index (χ0) is 35.4. The topological polar surface area (TPSA) is 39.9 Å². The molecule has 0 bridgehead atoms. The number of alkyl halides is 1. The number of aromatic nitrogens is 3. The Labute approximate surface area is 307 Å². The van der Waals surface area contributed by atoms with E-state index >= 15 is 4.39 Å². The maximum Gasteiger partial charge on any atom is 0.190 e. The summed E-state index contributed by atoms with van der Waals surface area (Å²) >= 11 is 0. The van der Waals surface area contributed by atoms with Crippen molar-refractivity contribution in [3.63, 3.8) is 0 Å². The van der Waals surface area contributed by atoms with E-state index in [-0.39, 0.29) is 0 Å². The summed E-state index contributed by atoms with van der Waals surface area (Å²) in [4.78, 5) is 9.80. The van der Waals surface area contributed by atoms with Gasteiger partial charge in [-0.1, -0.05) is 133 Å². The number of nitrogens with zero attached hydrogens (tertiary/aromatic N) is 3. The van der Waals surface area contributed by atoms with Gasteiger partial charge in [-0.2, -0.15) is 0 Å². The van der Waals surface area contributed by atoms with Crippen LogP contribution in [-0.2, 0) is 0 Å². The molecule has 4 heterocycles. The first-order chi connectivity index (χ1) is 26.2. The third-order valence-corrected chi connectivity index (χ3v) is 15.3. The molecule has 1 unspecified atom stereocenters. The minimum absolute atomic E-state index is 0.564. The fourth-order valence-corrected chi connectivity index (χ4v) is 13.1. The molecule has 1 aliphatic heterocycles. The molecule has 0 radical (unpaired) electrons. The Hall–Kier alpha value is -6.63. The van der Waals surface area contributed by atoms with E-state index in [2.05, 4.69) is 107 Å². The number of para-hydroxylation sites is 2. The molecular formula is C47H32FN3OSi. The summed E-state index contributed by atoms with van der Waals surface area (Å²) in [5.41, 5.74) is 5.40. The number of halogens is 1. The first kappa shape index (κ1) is 31.1. The summed E-state index contributed by atoms with van der Waals surface area (Å²) in [6.45, 7) is 0. The van der Waals surface area contributed by atoms with Crippen LogP contribution in [0.4, 0.5) is 4.39 Å². The molecule has 4 nitrogen and oxygen atoms in total. The standard InChI is InChI=1S/C47H32FN3OSi/c48-45(33-16-13-15-32(29-33)39-24-11-12-28-49-39)34-17-14-18-35(30-34)51-40-25-8-7-23-38(40)44-46-43(31-50-47(44)51)53(36-19-3-1-4-20-36,37-21-5-2-6-22-37)42-27-10-9-26-41(42)52-46/h1-31,45H. The number of pyridine rings is 2. The van der Waals surface area contributed by atoms with Crippen LogP contribution in [0.1, 0.15) is 17.3 Å². The van der Waals surface area contributed by atoms with Gasteiger partial charge in [-0.05, 0) is 69.2 Å². The van der Waals surface area contributed by atoms with Crippen LogP contribution >= 0.6 is 0 Å². The summed E-state index contributed by atoms with van der Waals surface area (Å²) in [5.74, 6) is 1.69. The van der Waals surface area contributed by atoms with Crippen molar-refractivity contribution in [1.82, 2.24) is 14.5 Å². The normalized spacial score (nSPS) is 13.6. The van der Waals surface area contributed by atoms with Gasteiger partial charge in [-0.3, -0.25) is 9.55 Å². The van der Waals surface area contributed by atoms with Crippen LogP contribution in [0.3, 0.4) is 0 Å². The number of benzene rings is 6. The number of ether oxygens (including phenoxy) is 1. The Morgan fingerprint density at radius 1 is 0.585 bits per heavy atom. The summed E-state index contributed by atoms with van der Waals surface area (Å²) < 4.78 is 25.7. The van der Waals surface area contributed by atoms with E-state index in [1.165, 1.54) is 15.6 Å². The highest BCUT2D eigenvalue weighted by Crippen LogP contribution is 2.41. The Kier molecular flexibility index (Phi) is 7.37. The molecule has 1 atom stereocenters. The first-order valence-corrected chi connectivity index (χ1v) is 19.8. The first-order valence-electron chi connectivity index (χ1n) is 17.8. The maximum atomic E-state index is 16.5. The molecule has 6 aromatic carbocycles. The number of hydrogen-bond acceptors (Lipinski definition) is 3. The largest absolute Gasteiger partial charge is 0.457 e. The highest BCUT2D eigenvalue weighted by atomic mass is 28.3. The van der Waals surface area contributed by atoms with Crippen LogP contribution in [0.2, 0.25) is 0 Å². The molecule has 53 heavy (non-hydrogen) atoms. The molecule has 0 N–H and O–H groups in total. The third-order valence-electron chi connectivity index (χ3n) is 10.5. The third kappa shape index (κ3) is 4.87. The van der Waals surface area contributed by atoms with Crippen molar-refractivity contribution in [3.8, 4) is 28.4 Å². The average Bonchev–Trinajstić information content (AvgIpc) is 3.58. The molecule has 0 saturated carbocycles. The molecule has 10 rings (SSSR count). The van der Waals surface area contributed by atoms with Crippen LogP contribution in [0.25, 0.3) is 38.9 Å². The molecule has 0 spiro atoms. The highest BCUT2D eigenvalue weighted by molar-refractivity contribution is 7.20. The van der Waals surface area contributed by atoms with Crippen molar-refractivity contribution in [1.29, 1.82) is 0 Å². The molecule has 0 amide bonds. The molecule has 252 valence electrons. The van der Waals surface area contributed by atoms with Gasteiger partial charge in [0.2, 0.25) is 0 Å². The molecule has 0 fully saturated rings. The van der Waals surface area contributed by atoms with E-state index < -0.39 is 14.2 Å². The second-order valence-electron chi connectivity index (χ2n) is 13.4. The van der Waals surface area contributed by atoms with Crippen molar-refractivity contribution in [3.05, 3.63) is 199 Å². The Balaban J connectivity index is 1.19. The van der Waals surface area contributed by atoms with Gasteiger partial charge in [0.15, 0.2) is 14.2 Å². The van der Waals surface area contributed by atoms with Gasteiger partial charge in [0.1, 0.15) is 17.1 Å². The fraction of sp³-hybridized carbons (Fsp3) is 0.0213. The van der Waals surface area contributed by atoms with E-state index in [1.54, 1.807) is 6.20 Å². The van der Waals surface area contributed by atoms with Crippen LogP contribution in [0.15, 0.2) is 188 Å². The van der Waals surface area contributed by atoms with Crippen LogP contribution < -0.4 is 25.5 Å². The molecule has 1 aliphatic rings. The van der Waals surface area contributed by atoms with Gasteiger partial charge in [0.25, 0.3) is 0 Å². The molecule has 9 aromatic rings. The van der Waals surface area contributed by atoms with E-state index in [4.69, 9.17) is 9.72 Å². The van der Waals surface area contributed by atoms with Crippen LogP contribution in [-0.4, -0.2) is 22.6 Å².